The molecule has 0 amide bonds. The fourth-order valence-electron chi connectivity index (χ4n) is 2.12. The van der Waals surface area contributed by atoms with Crippen molar-refractivity contribution in [1.29, 1.82) is 0 Å². The Labute approximate surface area is 153 Å². The lowest BCUT2D eigenvalue weighted by Crippen LogP contribution is -2.24. The van der Waals surface area contributed by atoms with Gasteiger partial charge in [-0.15, -0.1) is 0 Å². The van der Waals surface area contributed by atoms with E-state index < -0.39 is 0 Å². The third-order valence-corrected chi connectivity index (χ3v) is 3.68. The summed E-state index contributed by atoms with van der Waals surface area (Å²) in [4.78, 5) is 0. The van der Waals surface area contributed by atoms with Crippen molar-refractivity contribution in [2.45, 2.75) is 27.2 Å². The summed E-state index contributed by atoms with van der Waals surface area (Å²) in [6.07, 6.45) is 2.43. The number of aromatic hydroxyl groups is 1. The van der Waals surface area contributed by atoms with E-state index in [1.807, 2.05) is 39.0 Å². The second kappa shape index (κ2) is 9.03. The van der Waals surface area contributed by atoms with Crippen LogP contribution in [0.4, 0.5) is 5.69 Å². The van der Waals surface area contributed by atoms with E-state index in [4.69, 9.17) is 17.0 Å². The number of hydrogen-bond acceptors (Lipinski definition) is 4. The third kappa shape index (κ3) is 5.76. The van der Waals surface area contributed by atoms with Gasteiger partial charge in [0.05, 0.1) is 12.8 Å². The summed E-state index contributed by atoms with van der Waals surface area (Å²) in [6, 6.07) is 11.2. The van der Waals surface area contributed by atoms with E-state index in [9.17, 15) is 5.11 Å². The molecule has 0 saturated heterocycles. The van der Waals surface area contributed by atoms with Crippen LogP contribution in [0.2, 0.25) is 0 Å². The Morgan fingerprint density at radius 3 is 2.76 bits per heavy atom. The van der Waals surface area contributed by atoms with E-state index in [0.717, 1.165) is 23.2 Å². The molecule has 0 aromatic heterocycles. The minimum absolute atomic E-state index is 0.104. The smallest absolute Gasteiger partial charge is 0.191 e. The van der Waals surface area contributed by atoms with E-state index >= 15 is 0 Å². The number of phenolic OH excluding ortho intramolecular Hbond substituents is 1. The van der Waals surface area contributed by atoms with Crippen LogP contribution < -0.4 is 15.5 Å². The molecule has 0 heterocycles. The Bertz CT molecular complexity index is 775. The number of hydrazone groups is 1. The van der Waals surface area contributed by atoms with Crippen LogP contribution in [-0.2, 0) is 0 Å². The van der Waals surface area contributed by atoms with E-state index in [2.05, 4.69) is 15.8 Å². The molecule has 25 heavy (non-hydrogen) atoms. The van der Waals surface area contributed by atoms with Gasteiger partial charge in [0.2, 0.25) is 0 Å². The molecule has 0 aliphatic carbocycles. The molecule has 0 saturated carbocycles. The van der Waals surface area contributed by atoms with Gasteiger partial charge in [-0.2, -0.15) is 5.10 Å². The topological polar surface area (TPSA) is 65.9 Å². The maximum atomic E-state index is 10.0. The molecule has 2 rings (SSSR count). The van der Waals surface area contributed by atoms with Gasteiger partial charge in [-0.3, -0.25) is 5.43 Å². The first kappa shape index (κ1) is 18.7. The molecular formula is C19H23N3O2S. The fourth-order valence-corrected chi connectivity index (χ4v) is 2.29. The summed E-state index contributed by atoms with van der Waals surface area (Å²) in [5, 5.41) is 17.6. The number of aryl methyl sites for hydroxylation is 2. The quantitative estimate of drug-likeness (QED) is 0.412. The standard InChI is InChI=1S/C19H23N3O2S/c1-4-9-24-16-8-7-15(18(23)11-16)12-20-22-19(25)21-17-10-13(2)5-6-14(17)3/h5-8,10-12,23H,4,9H2,1-3H3,(H2,21,22,25)/b20-12+. The van der Waals surface area contributed by atoms with Crippen LogP contribution in [0.25, 0.3) is 0 Å². The monoisotopic (exact) mass is 357 g/mol. The molecule has 6 heteroatoms. The van der Waals surface area contributed by atoms with Gasteiger partial charge in [-0.05, 0) is 61.8 Å². The van der Waals surface area contributed by atoms with Crippen LogP contribution in [0.5, 0.6) is 11.5 Å². The number of rotatable bonds is 6. The first-order valence-corrected chi connectivity index (χ1v) is 8.53. The normalized spacial score (nSPS) is 10.7. The zero-order valence-electron chi connectivity index (χ0n) is 14.7. The van der Waals surface area contributed by atoms with Crippen molar-refractivity contribution in [3.05, 3.63) is 53.1 Å². The lowest BCUT2D eigenvalue weighted by molar-refractivity contribution is 0.315. The van der Waals surface area contributed by atoms with Crippen molar-refractivity contribution in [2.24, 2.45) is 5.10 Å². The molecule has 0 spiro atoms. The van der Waals surface area contributed by atoms with Crippen molar-refractivity contribution < 1.29 is 9.84 Å². The second-order valence-corrected chi connectivity index (χ2v) is 6.12. The molecule has 5 nitrogen and oxygen atoms in total. The summed E-state index contributed by atoms with van der Waals surface area (Å²) >= 11 is 5.24. The van der Waals surface area contributed by atoms with Crippen LogP contribution in [0.1, 0.15) is 30.0 Å². The maximum absolute atomic E-state index is 10.0. The molecule has 2 aromatic carbocycles. The number of ether oxygens (including phenoxy) is 1. The summed E-state index contributed by atoms with van der Waals surface area (Å²) in [5.41, 5.74) is 6.51. The van der Waals surface area contributed by atoms with Crippen LogP contribution in [0.3, 0.4) is 0 Å². The number of phenols is 1. The van der Waals surface area contributed by atoms with Crippen LogP contribution >= 0.6 is 12.2 Å². The molecule has 3 N–H and O–H groups in total. The van der Waals surface area contributed by atoms with E-state index in [-0.39, 0.29) is 5.75 Å². The molecule has 0 bridgehead atoms. The predicted octanol–water partition coefficient (Wildman–Crippen LogP) is 4.12. The van der Waals surface area contributed by atoms with E-state index in [1.54, 1.807) is 18.2 Å². The van der Waals surface area contributed by atoms with Crippen molar-refractivity contribution in [3.63, 3.8) is 0 Å². The summed E-state index contributed by atoms with van der Waals surface area (Å²) in [7, 11) is 0. The van der Waals surface area contributed by atoms with Crippen LogP contribution in [0.15, 0.2) is 41.5 Å². The van der Waals surface area contributed by atoms with Gasteiger partial charge in [0.15, 0.2) is 5.11 Å². The molecule has 0 atom stereocenters. The maximum Gasteiger partial charge on any atom is 0.191 e. The van der Waals surface area contributed by atoms with Crippen molar-refractivity contribution in [2.75, 3.05) is 11.9 Å². The van der Waals surface area contributed by atoms with E-state index in [1.165, 1.54) is 6.21 Å². The van der Waals surface area contributed by atoms with Crippen molar-refractivity contribution >= 4 is 29.2 Å². The fraction of sp³-hybridized carbons (Fsp3) is 0.263. The molecular weight excluding hydrogens is 334 g/mol. The molecule has 0 aliphatic rings. The van der Waals surface area contributed by atoms with Crippen LogP contribution in [0, 0.1) is 13.8 Å². The summed E-state index contributed by atoms with van der Waals surface area (Å²) in [6.45, 7) is 6.68. The third-order valence-electron chi connectivity index (χ3n) is 3.49. The highest BCUT2D eigenvalue weighted by Gasteiger charge is 2.03. The molecule has 0 radical (unpaired) electrons. The second-order valence-electron chi connectivity index (χ2n) is 5.71. The van der Waals surface area contributed by atoms with Gasteiger partial charge in [-0.25, -0.2) is 0 Å². The number of nitrogens with zero attached hydrogens (tertiary/aromatic N) is 1. The molecule has 132 valence electrons. The Morgan fingerprint density at radius 2 is 2.04 bits per heavy atom. The highest BCUT2D eigenvalue weighted by molar-refractivity contribution is 7.80. The van der Waals surface area contributed by atoms with Gasteiger partial charge < -0.3 is 15.2 Å². The minimum atomic E-state index is 0.104. The molecule has 2 aromatic rings. The number of nitrogens with one attached hydrogen (secondary N) is 2. The average Bonchev–Trinajstić information content (AvgIpc) is 2.58. The van der Waals surface area contributed by atoms with Gasteiger partial charge in [-0.1, -0.05) is 19.1 Å². The van der Waals surface area contributed by atoms with Crippen molar-refractivity contribution in [3.8, 4) is 11.5 Å². The Morgan fingerprint density at radius 1 is 1.24 bits per heavy atom. The SMILES string of the molecule is CCCOc1ccc(/C=N/NC(=S)Nc2cc(C)ccc2C)c(O)c1. The first-order chi connectivity index (χ1) is 12.0. The van der Waals surface area contributed by atoms with E-state index in [0.29, 0.717) is 23.0 Å². The molecule has 0 unspecified atom stereocenters. The van der Waals surface area contributed by atoms with Gasteiger partial charge in [0.1, 0.15) is 11.5 Å². The lowest BCUT2D eigenvalue weighted by atomic mass is 10.1. The Kier molecular flexibility index (Phi) is 6.77. The van der Waals surface area contributed by atoms with Gasteiger partial charge >= 0.3 is 0 Å². The molecule has 0 fully saturated rings. The van der Waals surface area contributed by atoms with Crippen LogP contribution in [-0.4, -0.2) is 23.0 Å². The predicted molar refractivity (Wildman–Crippen MR) is 107 cm³/mol. The lowest BCUT2D eigenvalue weighted by Gasteiger charge is -2.10. The molecule has 0 aliphatic heterocycles. The Hall–Kier alpha value is -2.60. The average molecular weight is 357 g/mol. The van der Waals surface area contributed by atoms with Crippen molar-refractivity contribution in [1.82, 2.24) is 5.43 Å². The number of hydrogen-bond donors (Lipinski definition) is 3. The highest BCUT2D eigenvalue weighted by atomic mass is 32.1. The Balaban J connectivity index is 1.94. The zero-order chi connectivity index (χ0) is 18.2. The summed E-state index contributed by atoms with van der Waals surface area (Å²) in [5.74, 6) is 0.740. The number of anilines is 1. The first-order valence-electron chi connectivity index (χ1n) is 8.12. The largest absolute Gasteiger partial charge is 0.507 e. The van der Waals surface area contributed by atoms with Gasteiger partial charge in [0.25, 0.3) is 0 Å². The van der Waals surface area contributed by atoms with Gasteiger partial charge in [0, 0.05) is 17.3 Å². The number of thiocarbonyl (C=S) groups is 1. The number of benzene rings is 2. The summed E-state index contributed by atoms with van der Waals surface area (Å²) < 4.78 is 5.47. The highest BCUT2D eigenvalue weighted by Crippen LogP contribution is 2.22. The zero-order valence-corrected chi connectivity index (χ0v) is 15.5. The minimum Gasteiger partial charge on any atom is -0.507 e.